The number of rotatable bonds is 7. The second kappa shape index (κ2) is 10.3. The van der Waals surface area contributed by atoms with Crippen molar-refractivity contribution in [1.82, 2.24) is 30.1 Å². The van der Waals surface area contributed by atoms with Crippen LogP contribution in [0.4, 0.5) is 0 Å². The van der Waals surface area contributed by atoms with E-state index in [0.717, 1.165) is 29.6 Å². The highest BCUT2D eigenvalue weighted by molar-refractivity contribution is 5.83. The number of hydrogen-bond acceptors (Lipinski definition) is 7. The molecule has 6 rings (SSSR count). The summed E-state index contributed by atoms with van der Waals surface area (Å²) in [5.74, 6) is 2.22. The molecule has 3 heterocycles. The van der Waals surface area contributed by atoms with Crippen LogP contribution < -0.4 is 15.0 Å². The number of hydrogen-bond donors (Lipinski definition) is 1. The maximum atomic E-state index is 13.2. The minimum absolute atomic E-state index is 0.107. The summed E-state index contributed by atoms with van der Waals surface area (Å²) in [6.45, 7) is 4.81. The van der Waals surface area contributed by atoms with Crippen LogP contribution in [-0.4, -0.2) is 43.3 Å². The molecule has 0 saturated heterocycles. The highest BCUT2D eigenvalue weighted by Gasteiger charge is 2.22. The first-order valence-corrected chi connectivity index (χ1v) is 13.1. The van der Waals surface area contributed by atoms with Crippen molar-refractivity contribution in [2.45, 2.75) is 64.7 Å². The number of aromatic amines is 1. The smallest absolute Gasteiger partial charge is 0.252 e. The van der Waals surface area contributed by atoms with Crippen LogP contribution in [0.5, 0.6) is 11.5 Å². The van der Waals surface area contributed by atoms with E-state index in [1.807, 2.05) is 22.9 Å². The van der Waals surface area contributed by atoms with E-state index in [1.165, 1.54) is 30.4 Å². The number of aromatic nitrogens is 5. The lowest BCUT2D eigenvalue weighted by Gasteiger charge is -2.25. The van der Waals surface area contributed by atoms with Crippen LogP contribution in [0.1, 0.15) is 60.7 Å². The molecule has 0 unspecified atom stereocenters. The molecule has 2 aromatic carbocycles. The van der Waals surface area contributed by atoms with E-state index in [1.54, 1.807) is 0 Å². The highest BCUT2D eigenvalue weighted by Crippen LogP contribution is 2.34. The van der Waals surface area contributed by atoms with Gasteiger partial charge >= 0.3 is 0 Å². The van der Waals surface area contributed by atoms with Gasteiger partial charge in [-0.2, -0.15) is 0 Å². The Bertz CT molecular complexity index is 1440. The molecule has 0 bridgehead atoms. The summed E-state index contributed by atoms with van der Waals surface area (Å²) in [4.78, 5) is 18.4. The van der Waals surface area contributed by atoms with Crippen LogP contribution in [-0.2, 0) is 19.6 Å². The summed E-state index contributed by atoms with van der Waals surface area (Å²) >= 11 is 0. The Morgan fingerprint density at radius 3 is 2.51 bits per heavy atom. The molecule has 0 radical (unpaired) electrons. The lowest BCUT2D eigenvalue weighted by molar-refractivity contribution is 0.172. The minimum Gasteiger partial charge on any atom is -0.486 e. The van der Waals surface area contributed by atoms with Crippen LogP contribution in [0.3, 0.4) is 0 Å². The zero-order valence-corrected chi connectivity index (χ0v) is 21.2. The third-order valence-electron chi connectivity index (χ3n) is 7.35. The molecule has 192 valence electrons. The van der Waals surface area contributed by atoms with E-state index >= 15 is 0 Å². The van der Waals surface area contributed by atoms with E-state index in [-0.39, 0.29) is 5.56 Å². The molecule has 2 aliphatic rings. The Morgan fingerprint density at radius 1 is 0.973 bits per heavy atom. The third kappa shape index (κ3) is 5.22. The number of ether oxygens (including phenoxy) is 2. The molecule has 1 N–H and O–H groups in total. The van der Waals surface area contributed by atoms with E-state index < -0.39 is 0 Å². The number of H-pyrrole nitrogens is 1. The number of tetrazole rings is 1. The summed E-state index contributed by atoms with van der Waals surface area (Å²) in [5, 5.41) is 13.7. The normalized spacial score (nSPS) is 15.9. The summed E-state index contributed by atoms with van der Waals surface area (Å²) in [6, 6.07) is 14.6. The Labute approximate surface area is 215 Å². The molecule has 9 heteroatoms. The van der Waals surface area contributed by atoms with Gasteiger partial charge < -0.3 is 14.5 Å². The maximum Gasteiger partial charge on any atom is 0.252 e. The first kappa shape index (κ1) is 23.7. The molecule has 2 aromatic heterocycles. The van der Waals surface area contributed by atoms with Crippen molar-refractivity contribution in [3.8, 4) is 11.5 Å². The van der Waals surface area contributed by atoms with E-state index in [4.69, 9.17) is 9.47 Å². The molecule has 1 fully saturated rings. The Balaban J connectivity index is 1.31. The van der Waals surface area contributed by atoms with Gasteiger partial charge in [0.2, 0.25) is 0 Å². The molecule has 0 amide bonds. The summed E-state index contributed by atoms with van der Waals surface area (Å²) in [6.07, 6.45) is 5.91. The van der Waals surface area contributed by atoms with Gasteiger partial charge in [-0.3, -0.25) is 9.69 Å². The predicted octanol–water partition coefficient (Wildman–Crippen LogP) is 4.30. The maximum absolute atomic E-state index is 13.2. The summed E-state index contributed by atoms with van der Waals surface area (Å²) in [5.41, 5.74) is 3.72. The molecule has 1 aliphatic heterocycles. The average Bonchev–Trinajstić information content (AvgIpc) is 3.38. The Hall–Kier alpha value is -3.72. The fourth-order valence-corrected chi connectivity index (χ4v) is 5.39. The lowest BCUT2D eigenvalue weighted by atomic mass is 9.95. The number of nitrogens with one attached hydrogen (secondary N) is 1. The van der Waals surface area contributed by atoms with Crippen molar-refractivity contribution in [1.29, 1.82) is 0 Å². The van der Waals surface area contributed by atoms with Crippen molar-refractivity contribution in [3.63, 3.8) is 0 Å². The zero-order valence-electron chi connectivity index (χ0n) is 21.2. The van der Waals surface area contributed by atoms with Gasteiger partial charge in [-0.15, -0.1) is 5.10 Å². The van der Waals surface area contributed by atoms with Gasteiger partial charge in [-0.1, -0.05) is 49.1 Å². The average molecular weight is 501 g/mol. The zero-order chi connectivity index (χ0) is 25.2. The number of pyridine rings is 1. The van der Waals surface area contributed by atoms with Gasteiger partial charge in [0.15, 0.2) is 17.3 Å². The third-order valence-corrected chi connectivity index (χ3v) is 7.35. The van der Waals surface area contributed by atoms with Gasteiger partial charge in [0, 0.05) is 30.1 Å². The predicted molar refractivity (Wildman–Crippen MR) is 140 cm³/mol. The molecule has 37 heavy (non-hydrogen) atoms. The molecular weight excluding hydrogens is 468 g/mol. The van der Waals surface area contributed by atoms with E-state index in [2.05, 4.69) is 56.6 Å². The van der Waals surface area contributed by atoms with Crippen LogP contribution in [0, 0.1) is 6.92 Å². The molecule has 9 nitrogen and oxygen atoms in total. The monoisotopic (exact) mass is 500 g/mol. The fraction of sp³-hybridized carbons (Fsp3) is 0.429. The van der Waals surface area contributed by atoms with Gasteiger partial charge in [0.25, 0.3) is 5.56 Å². The molecular formula is C28H32N6O3. The Kier molecular flexibility index (Phi) is 6.61. The van der Waals surface area contributed by atoms with Crippen LogP contribution in [0.15, 0.2) is 47.3 Å². The molecule has 4 aromatic rings. The van der Waals surface area contributed by atoms with Gasteiger partial charge in [-0.25, -0.2) is 4.68 Å². The first-order chi connectivity index (χ1) is 18.1. The molecule has 0 atom stereocenters. The fourth-order valence-electron chi connectivity index (χ4n) is 5.39. The molecule has 1 aliphatic carbocycles. The number of nitrogens with zero attached hydrogens (tertiary/aromatic N) is 5. The molecule has 1 saturated carbocycles. The van der Waals surface area contributed by atoms with E-state index in [0.29, 0.717) is 56.0 Å². The van der Waals surface area contributed by atoms with Crippen LogP contribution in [0.25, 0.3) is 10.9 Å². The van der Waals surface area contributed by atoms with Crippen LogP contribution >= 0.6 is 0 Å². The standard InChI is InChI=1S/C28H32N6O3/c1-19-7-9-20(10-8-19)16-33(18-27-30-31-32-34(27)23-5-3-2-4-6-23)17-22-13-21-14-25-26(37-12-11-36-25)15-24(21)29-28(22)35/h7-10,13-15,23H,2-6,11-12,16-18H2,1H3,(H,29,35). The second-order valence-corrected chi connectivity index (χ2v) is 10.2. The molecule has 0 spiro atoms. The van der Waals surface area contributed by atoms with Gasteiger partial charge in [-0.05, 0) is 47.9 Å². The van der Waals surface area contributed by atoms with Crippen molar-refractivity contribution in [2.75, 3.05) is 13.2 Å². The number of aryl methyl sites for hydroxylation is 1. The second-order valence-electron chi connectivity index (χ2n) is 10.2. The summed E-state index contributed by atoms with van der Waals surface area (Å²) < 4.78 is 13.5. The van der Waals surface area contributed by atoms with Crippen molar-refractivity contribution in [2.24, 2.45) is 0 Å². The first-order valence-electron chi connectivity index (χ1n) is 13.1. The number of fused-ring (bicyclic) bond motifs is 2. The Morgan fingerprint density at radius 2 is 1.73 bits per heavy atom. The largest absolute Gasteiger partial charge is 0.486 e. The lowest BCUT2D eigenvalue weighted by Crippen LogP contribution is -2.29. The van der Waals surface area contributed by atoms with Crippen molar-refractivity contribution < 1.29 is 9.47 Å². The minimum atomic E-state index is -0.107. The SMILES string of the molecule is Cc1ccc(CN(Cc2cc3cc4c(cc3[nH]c2=O)OCCO4)Cc2nnnn2C2CCCCC2)cc1. The topological polar surface area (TPSA) is 98.2 Å². The van der Waals surface area contributed by atoms with Crippen molar-refractivity contribution in [3.05, 3.63) is 75.3 Å². The van der Waals surface area contributed by atoms with E-state index in [9.17, 15) is 4.79 Å². The highest BCUT2D eigenvalue weighted by atomic mass is 16.6. The quantitative estimate of drug-likeness (QED) is 0.404. The number of benzene rings is 2. The summed E-state index contributed by atoms with van der Waals surface area (Å²) in [7, 11) is 0. The van der Waals surface area contributed by atoms with Crippen molar-refractivity contribution >= 4 is 10.9 Å². The van der Waals surface area contributed by atoms with Gasteiger partial charge in [0.05, 0.1) is 18.1 Å². The van der Waals surface area contributed by atoms with Gasteiger partial charge in [0.1, 0.15) is 13.2 Å². The van der Waals surface area contributed by atoms with Crippen LogP contribution in [0.2, 0.25) is 0 Å².